The molecule has 0 N–H and O–H groups in total. The van der Waals surface area contributed by atoms with Gasteiger partial charge in [-0.3, -0.25) is 14.6 Å². The standard InChI is InChI=1S/C24H26O6.2C17H22O5/c25-22(18-10-4-1-5-11-18)28-16-21(30-24(27)20-14-8-3-9-15-20)17-29-23(26)19-12-6-2-7-13-19;1-13(12-20-16(18)14-8-4-2-5-9-14)21-22-17(19)15-10-6-3-7-11-15;18-16(14-8-3-1-4-9-14)20-12-7-13-21-22-17(19)15-10-5-2-6-11-15/h1-2,4-7,10-13,20-21H,3,8-9,14-17H2;2,4-5,8-9,13,15H,3,6-7,10-12H2,1H3;1,3-4,8-9,15H,2,5-7,10-13H2. The number of hydrogen-bond acceptors (Lipinski definition) is 16. The molecule has 3 fully saturated rings. The summed E-state index contributed by atoms with van der Waals surface area (Å²) in [7, 11) is 0. The van der Waals surface area contributed by atoms with Crippen molar-refractivity contribution in [2.45, 2.75) is 122 Å². The predicted molar refractivity (Wildman–Crippen MR) is 270 cm³/mol. The van der Waals surface area contributed by atoms with Crippen LogP contribution in [0.5, 0.6) is 0 Å². The number of carbonyl (C=O) groups is 7. The van der Waals surface area contributed by atoms with Gasteiger partial charge in [0.15, 0.2) is 6.10 Å². The molecule has 3 aliphatic carbocycles. The molecule has 74 heavy (non-hydrogen) atoms. The molecule has 4 aromatic carbocycles. The van der Waals surface area contributed by atoms with Crippen LogP contribution in [0.1, 0.15) is 151 Å². The quantitative estimate of drug-likeness (QED) is 0.0250. The summed E-state index contributed by atoms with van der Waals surface area (Å²) in [5, 5.41) is 0. The van der Waals surface area contributed by atoms with Gasteiger partial charge in [0.25, 0.3) is 0 Å². The van der Waals surface area contributed by atoms with Crippen molar-refractivity contribution in [3.05, 3.63) is 144 Å². The van der Waals surface area contributed by atoms with Crippen LogP contribution in [-0.4, -0.2) is 87.0 Å². The predicted octanol–water partition coefficient (Wildman–Crippen LogP) is 10.8. The van der Waals surface area contributed by atoms with Crippen molar-refractivity contribution < 1.29 is 76.8 Å². The lowest BCUT2D eigenvalue weighted by atomic mass is 9.89. The van der Waals surface area contributed by atoms with Gasteiger partial charge < -0.3 is 23.7 Å². The maximum atomic E-state index is 12.5. The third-order valence-corrected chi connectivity index (χ3v) is 12.4. The minimum Gasteiger partial charge on any atom is -0.462 e. The van der Waals surface area contributed by atoms with E-state index < -0.39 is 30.1 Å². The molecular formula is C58H70O16. The molecule has 1 atom stereocenters. The second-order valence-corrected chi connectivity index (χ2v) is 18.3. The summed E-state index contributed by atoms with van der Waals surface area (Å²) < 4.78 is 26.4. The molecule has 3 saturated carbocycles. The Labute approximate surface area is 433 Å². The summed E-state index contributed by atoms with van der Waals surface area (Å²) in [5.74, 6) is -3.00. The minimum absolute atomic E-state index is 0.0235. The summed E-state index contributed by atoms with van der Waals surface area (Å²) in [6.07, 6.45) is 14.0. The van der Waals surface area contributed by atoms with E-state index in [2.05, 4.69) is 0 Å². The van der Waals surface area contributed by atoms with E-state index >= 15 is 0 Å². The topological polar surface area (TPSA) is 203 Å². The Morgan fingerprint density at radius 1 is 0.405 bits per heavy atom. The molecule has 0 heterocycles. The third-order valence-electron chi connectivity index (χ3n) is 12.4. The fourth-order valence-corrected chi connectivity index (χ4v) is 8.23. The monoisotopic (exact) mass is 1020 g/mol. The van der Waals surface area contributed by atoms with Crippen LogP contribution in [0.4, 0.5) is 0 Å². The fourth-order valence-electron chi connectivity index (χ4n) is 8.23. The molecular weight excluding hydrogens is 953 g/mol. The van der Waals surface area contributed by atoms with Crippen molar-refractivity contribution >= 4 is 41.8 Å². The average molecular weight is 1020 g/mol. The average Bonchev–Trinajstić information content (AvgIpc) is 3.47. The van der Waals surface area contributed by atoms with Crippen LogP contribution in [0.2, 0.25) is 0 Å². The maximum Gasteiger partial charge on any atom is 0.345 e. The summed E-state index contributed by atoms with van der Waals surface area (Å²) in [6, 6.07) is 34.6. The molecule has 0 bridgehead atoms. The number of ether oxygens (including phenoxy) is 5. The smallest absolute Gasteiger partial charge is 0.345 e. The zero-order chi connectivity index (χ0) is 52.6. The Hall–Kier alpha value is -6.91. The van der Waals surface area contributed by atoms with E-state index in [9.17, 15) is 33.6 Å². The summed E-state index contributed by atoms with van der Waals surface area (Å²) in [4.78, 5) is 103. The molecule has 0 aromatic heterocycles. The van der Waals surface area contributed by atoms with Gasteiger partial charge >= 0.3 is 41.8 Å². The highest BCUT2D eigenvalue weighted by Gasteiger charge is 2.28. The largest absolute Gasteiger partial charge is 0.462 e. The van der Waals surface area contributed by atoms with E-state index in [1.54, 1.807) is 116 Å². The van der Waals surface area contributed by atoms with Crippen LogP contribution in [-0.2, 0) is 57.6 Å². The molecule has 0 amide bonds. The van der Waals surface area contributed by atoms with Gasteiger partial charge in [-0.2, -0.15) is 9.78 Å². The second kappa shape index (κ2) is 33.7. The van der Waals surface area contributed by atoms with Gasteiger partial charge in [-0.05, 0) is 94.0 Å². The van der Waals surface area contributed by atoms with Gasteiger partial charge in [0.2, 0.25) is 0 Å². The van der Waals surface area contributed by atoms with E-state index in [-0.39, 0.29) is 74.7 Å². The van der Waals surface area contributed by atoms with Crippen LogP contribution in [0.3, 0.4) is 0 Å². The first-order valence-corrected chi connectivity index (χ1v) is 25.9. The minimum atomic E-state index is -0.861. The van der Waals surface area contributed by atoms with Gasteiger partial charge in [-0.25, -0.2) is 28.8 Å². The number of benzene rings is 4. The van der Waals surface area contributed by atoms with Crippen LogP contribution in [0.15, 0.2) is 121 Å². The third kappa shape index (κ3) is 22.1. The van der Waals surface area contributed by atoms with Crippen molar-refractivity contribution in [3.63, 3.8) is 0 Å². The number of hydrogen-bond donors (Lipinski definition) is 0. The highest BCUT2D eigenvalue weighted by molar-refractivity contribution is 5.91. The van der Waals surface area contributed by atoms with E-state index in [0.29, 0.717) is 28.7 Å². The summed E-state index contributed by atoms with van der Waals surface area (Å²) >= 11 is 0. The normalized spacial score (nSPS) is 15.3. The van der Waals surface area contributed by atoms with Gasteiger partial charge in [0.05, 0.1) is 53.2 Å². The lowest BCUT2D eigenvalue weighted by molar-refractivity contribution is -0.302. The number of carbonyl (C=O) groups excluding carboxylic acids is 7. The van der Waals surface area contributed by atoms with Gasteiger partial charge in [0.1, 0.15) is 25.9 Å². The van der Waals surface area contributed by atoms with Crippen molar-refractivity contribution in [2.24, 2.45) is 17.8 Å². The second-order valence-electron chi connectivity index (χ2n) is 18.3. The van der Waals surface area contributed by atoms with Crippen molar-refractivity contribution in [2.75, 3.05) is 33.0 Å². The van der Waals surface area contributed by atoms with Gasteiger partial charge in [-0.1, -0.05) is 131 Å². The molecule has 7 rings (SSSR count). The van der Waals surface area contributed by atoms with Crippen LogP contribution in [0.25, 0.3) is 0 Å². The Kier molecular flexibility index (Phi) is 26.4. The fraction of sp³-hybridized carbons (Fsp3) is 0.466. The molecule has 1 unspecified atom stereocenters. The highest BCUT2D eigenvalue weighted by atomic mass is 17.2. The lowest BCUT2D eigenvalue weighted by Gasteiger charge is -2.24. The Morgan fingerprint density at radius 2 is 0.743 bits per heavy atom. The first-order valence-electron chi connectivity index (χ1n) is 25.9. The zero-order valence-corrected chi connectivity index (χ0v) is 42.3. The van der Waals surface area contributed by atoms with E-state index in [1.807, 2.05) is 12.1 Å². The molecule has 16 nitrogen and oxygen atoms in total. The van der Waals surface area contributed by atoms with E-state index in [0.717, 1.165) is 83.5 Å². The first-order chi connectivity index (χ1) is 36.1. The molecule has 0 spiro atoms. The molecule has 16 heteroatoms. The van der Waals surface area contributed by atoms with E-state index in [1.165, 1.54) is 12.8 Å². The highest BCUT2D eigenvalue weighted by Crippen LogP contribution is 2.27. The number of rotatable bonds is 21. The van der Waals surface area contributed by atoms with Crippen LogP contribution < -0.4 is 0 Å². The molecule has 0 saturated heterocycles. The lowest BCUT2D eigenvalue weighted by Crippen LogP contribution is -2.33. The van der Waals surface area contributed by atoms with Crippen molar-refractivity contribution in [1.82, 2.24) is 0 Å². The van der Waals surface area contributed by atoms with Crippen molar-refractivity contribution in [3.8, 4) is 0 Å². The van der Waals surface area contributed by atoms with E-state index in [4.69, 9.17) is 43.2 Å². The molecule has 0 aliphatic heterocycles. The van der Waals surface area contributed by atoms with Crippen LogP contribution >= 0.6 is 0 Å². The molecule has 398 valence electrons. The molecule has 3 aliphatic rings. The summed E-state index contributed by atoms with van der Waals surface area (Å²) in [6.45, 7) is 1.80. The van der Waals surface area contributed by atoms with Crippen molar-refractivity contribution in [1.29, 1.82) is 0 Å². The molecule has 4 aromatic rings. The molecule has 0 radical (unpaired) electrons. The Balaban J connectivity index is 0.000000210. The zero-order valence-electron chi connectivity index (χ0n) is 42.3. The summed E-state index contributed by atoms with van der Waals surface area (Å²) in [5.41, 5.74) is 1.80. The first kappa shape index (κ1) is 58.0. The van der Waals surface area contributed by atoms with Gasteiger partial charge in [-0.15, -0.1) is 0 Å². The van der Waals surface area contributed by atoms with Gasteiger partial charge in [0, 0.05) is 6.42 Å². The SMILES string of the molecule is CC(COC(=O)c1ccccc1)OOC(=O)C1CCCCC1.O=C(OCC(COC(=O)c1ccccc1)OC(=O)C1CCCCC1)c1ccccc1.O=C(OCCCOOC(=O)C1CCCCC1)c1ccccc1. The Bertz CT molecular complexity index is 2220. The number of esters is 5. The Morgan fingerprint density at radius 3 is 1.14 bits per heavy atom. The van der Waals surface area contributed by atoms with Crippen LogP contribution in [0, 0.1) is 17.8 Å². The maximum absolute atomic E-state index is 12.5.